The van der Waals surface area contributed by atoms with Gasteiger partial charge in [-0.2, -0.15) is 21.2 Å². The number of hydrogen-bond acceptors (Lipinski definition) is 5. The van der Waals surface area contributed by atoms with Gasteiger partial charge in [0.2, 0.25) is 10.0 Å². The minimum absolute atomic E-state index is 0.0380. The lowest BCUT2D eigenvalue weighted by atomic mass is 10.3. The standard InChI is InChI=1S/C12H24N4O2S2/c1-5-7-16-8-11(12(13)14-16)20(17,18)15(3)10(6-2)9-19-4/h8,10H,5-7,9H2,1-4H3,(H2,13,14). The summed E-state index contributed by atoms with van der Waals surface area (Å²) in [4.78, 5) is 0.105. The van der Waals surface area contributed by atoms with Gasteiger partial charge in [0.05, 0.1) is 0 Å². The van der Waals surface area contributed by atoms with Crippen LogP contribution in [0.1, 0.15) is 26.7 Å². The summed E-state index contributed by atoms with van der Waals surface area (Å²) in [6.45, 7) is 4.64. The van der Waals surface area contributed by atoms with Crippen molar-refractivity contribution in [3.05, 3.63) is 6.20 Å². The fourth-order valence-electron chi connectivity index (χ4n) is 1.98. The highest BCUT2D eigenvalue weighted by atomic mass is 32.2. The smallest absolute Gasteiger partial charge is 0.248 e. The summed E-state index contributed by atoms with van der Waals surface area (Å²) >= 11 is 1.63. The first kappa shape index (κ1) is 17.3. The molecule has 0 aliphatic heterocycles. The van der Waals surface area contributed by atoms with Crippen LogP contribution < -0.4 is 5.73 Å². The van der Waals surface area contributed by atoms with Crippen LogP contribution >= 0.6 is 11.8 Å². The lowest BCUT2D eigenvalue weighted by Crippen LogP contribution is -2.38. The third kappa shape index (κ3) is 3.67. The molecule has 2 N–H and O–H groups in total. The van der Waals surface area contributed by atoms with Crippen LogP contribution in [-0.4, -0.2) is 47.6 Å². The van der Waals surface area contributed by atoms with E-state index >= 15 is 0 Å². The number of nitrogen functional groups attached to an aromatic ring is 1. The molecule has 0 amide bonds. The predicted molar refractivity (Wildman–Crippen MR) is 84.3 cm³/mol. The van der Waals surface area contributed by atoms with E-state index in [1.807, 2.05) is 20.1 Å². The normalized spacial score (nSPS) is 13.8. The number of thioether (sulfide) groups is 1. The van der Waals surface area contributed by atoms with Gasteiger partial charge in [-0.05, 0) is 19.1 Å². The number of aromatic nitrogens is 2. The molecule has 0 fully saturated rings. The Balaban J connectivity index is 3.09. The van der Waals surface area contributed by atoms with Crippen molar-refractivity contribution < 1.29 is 8.42 Å². The molecule has 0 spiro atoms. The van der Waals surface area contributed by atoms with Crippen molar-refractivity contribution in [3.8, 4) is 0 Å². The van der Waals surface area contributed by atoms with Crippen molar-refractivity contribution in [2.24, 2.45) is 0 Å². The second kappa shape index (κ2) is 7.33. The van der Waals surface area contributed by atoms with E-state index in [9.17, 15) is 8.42 Å². The summed E-state index contributed by atoms with van der Waals surface area (Å²) in [5.74, 6) is 0.833. The van der Waals surface area contributed by atoms with Crippen LogP contribution in [0.4, 0.5) is 5.82 Å². The first-order valence-electron chi connectivity index (χ1n) is 6.68. The highest BCUT2D eigenvalue weighted by molar-refractivity contribution is 7.98. The molecule has 0 aromatic carbocycles. The number of nitrogens with two attached hydrogens (primary N) is 1. The minimum atomic E-state index is -3.59. The van der Waals surface area contributed by atoms with Gasteiger partial charge in [0, 0.05) is 31.6 Å². The monoisotopic (exact) mass is 320 g/mol. The summed E-state index contributed by atoms with van der Waals surface area (Å²) in [6.07, 6.45) is 5.13. The van der Waals surface area contributed by atoms with E-state index in [4.69, 9.17) is 5.73 Å². The maximum Gasteiger partial charge on any atom is 0.248 e. The number of hydrogen-bond donors (Lipinski definition) is 1. The Bertz CT molecular complexity index is 528. The number of rotatable bonds is 8. The summed E-state index contributed by atoms with van der Waals surface area (Å²) in [7, 11) is -1.98. The highest BCUT2D eigenvalue weighted by Crippen LogP contribution is 2.23. The Morgan fingerprint density at radius 3 is 2.65 bits per heavy atom. The maximum absolute atomic E-state index is 12.6. The molecule has 8 heteroatoms. The Morgan fingerprint density at radius 1 is 1.50 bits per heavy atom. The van der Waals surface area contributed by atoms with E-state index < -0.39 is 10.0 Å². The molecule has 0 saturated carbocycles. The van der Waals surface area contributed by atoms with E-state index in [1.54, 1.807) is 23.5 Å². The predicted octanol–water partition coefficient (Wildman–Crippen LogP) is 1.64. The van der Waals surface area contributed by atoms with Gasteiger partial charge in [-0.25, -0.2) is 8.42 Å². The summed E-state index contributed by atoms with van der Waals surface area (Å²) in [6, 6.07) is -0.0380. The second-order valence-electron chi connectivity index (χ2n) is 4.68. The zero-order chi connectivity index (χ0) is 15.3. The highest BCUT2D eigenvalue weighted by Gasteiger charge is 2.30. The maximum atomic E-state index is 12.6. The number of nitrogens with zero attached hydrogens (tertiary/aromatic N) is 3. The molecule has 1 aromatic heterocycles. The molecule has 0 bridgehead atoms. The molecule has 116 valence electrons. The third-order valence-corrected chi connectivity index (χ3v) is 5.85. The first-order valence-corrected chi connectivity index (χ1v) is 9.51. The van der Waals surface area contributed by atoms with Crippen molar-refractivity contribution in [2.75, 3.05) is 24.8 Å². The number of aryl methyl sites for hydroxylation is 1. The lowest BCUT2D eigenvalue weighted by molar-refractivity contribution is 0.385. The summed E-state index contributed by atoms with van der Waals surface area (Å²) in [5.41, 5.74) is 5.77. The molecule has 20 heavy (non-hydrogen) atoms. The van der Waals surface area contributed by atoms with Crippen LogP contribution in [0.25, 0.3) is 0 Å². The SMILES string of the molecule is CCCn1cc(S(=O)(=O)N(C)C(CC)CSC)c(N)n1. The largest absolute Gasteiger partial charge is 0.381 e. The van der Waals surface area contributed by atoms with Gasteiger partial charge < -0.3 is 5.73 Å². The molecule has 6 nitrogen and oxygen atoms in total. The van der Waals surface area contributed by atoms with Crippen LogP contribution in [0, 0.1) is 0 Å². The summed E-state index contributed by atoms with van der Waals surface area (Å²) < 4.78 is 28.3. The van der Waals surface area contributed by atoms with E-state index in [0.717, 1.165) is 18.6 Å². The zero-order valence-corrected chi connectivity index (χ0v) is 14.2. The Labute approximate surface area is 125 Å². The average Bonchev–Trinajstić information content (AvgIpc) is 2.77. The van der Waals surface area contributed by atoms with Gasteiger partial charge in [0.15, 0.2) is 5.82 Å². The van der Waals surface area contributed by atoms with Crippen molar-refractivity contribution >= 4 is 27.6 Å². The molecule has 0 aliphatic rings. The lowest BCUT2D eigenvalue weighted by Gasteiger charge is -2.25. The van der Waals surface area contributed by atoms with E-state index in [-0.39, 0.29) is 16.8 Å². The fourth-order valence-corrected chi connectivity index (χ4v) is 4.41. The minimum Gasteiger partial charge on any atom is -0.381 e. The van der Waals surface area contributed by atoms with E-state index in [1.165, 1.54) is 10.5 Å². The molecule has 0 saturated heterocycles. The van der Waals surface area contributed by atoms with Gasteiger partial charge in [-0.1, -0.05) is 13.8 Å². The van der Waals surface area contributed by atoms with E-state index in [0.29, 0.717) is 6.54 Å². The zero-order valence-electron chi connectivity index (χ0n) is 12.5. The van der Waals surface area contributed by atoms with Crippen molar-refractivity contribution in [2.45, 2.75) is 44.2 Å². The fraction of sp³-hybridized carbons (Fsp3) is 0.750. The molecule has 0 aliphatic carbocycles. The molecule has 1 unspecified atom stereocenters. The third-order valence-electron chi connectivity index (χ3n) is 3.21. The van der Waals surface area contributed by atoms with Crippen LogP contribution in [-0.2, 0) is 16.6 Å². The summed E-state index contributed by atoms with van der Waals surface area (Å²) in [5, 5.41) is 4.06. The Kier molecular flexibility index (Phi) is 6.35. The van der Waals surface area contributed by atoms with Gasteiger partial charge in [0.25, 0.3) is 0 Å². The Morgan fingerprint density at radius 2 is 2.15 bits per heavy atom. The van der Waals surface area contributed by atoms with Gasteiger partial charge in [-0.15, -0.1) is 0 Å². The van der Waals surface area contributed by atoms with Crippen LogP contribution in [0.15, 0.2) is 11.1 Å². The Hall–Kier alpha value is -0.730. The number of anilines is 1. The van der Waals surface area contributed by atoms with Gasteiger partial charge in [-0.3, -0.25) is 4.68 Å². The molecule has 1 aromatic rings. The molecular weight excluding hydrogens is 296 g/mol. The quantitative estimate of drug-likeness (QED) is 0.787. The second-order valence-corrected chi connectivity index (χ2v) is 7.56. The van der Waals surface area contributed by atoms with Crippen molar-refractivity contribution in [1.82, 2.24) is 14.1 Å². The molecular formula is C12H24N4O2S2. The van der Waals surface area contributed by atoms with Crippen molar-refractivity contribution in [3.63, 3.8) is 0 Å². The van der Waals surface area contributed by atoms with Crippen LogP contribution in [0.5, 0.6) is 0 Å². The molecule has 1 heterocycles. The van der Waals surface area contributed by atoms with Gasteiger partial charge >= 0.3 is 0 Å². The molecule has 0 radical (unpaired) electrons. The molecule has 1 rings (SSSR count). The number of sulfonamides is 1. The van der Waals surface area contributed by atoms with E-state index in [2.05, 4.69) is 5.10 Å². The van der Waals surface area contributed by atoms with Gasteiger partial charge in [0.1, 0.15) is 4.90 Å². The van der Waals surface area contributed by atoms with Crippen molar-refractivity contribution in [1.29, 1.82) is 0 Å². The molecule has 1 atom stereocenters. The first-order chi connectivity index (χ1) is 9.38. The average molecular weight is 320 g/mol. The van der Waals surface area contributed by atoms with Crippen LogP contribution in [0.2, 0.25) is 0 Å². The van der Waals surface area contributed by atoms with Crippen LogP contribution in [0.3, 0.4) is 0 Å². The topological polar surface area (TPSA) is 81.2 Å².